The van der Waals surface area contributed by atoms with Crippen molar-refractivity contribution in [2.75, 3.05) is 0 Å². The molecular formula is C16H28N2O2. The number of rotatable bonds is 3. The first-order valence-electron chi connectivity index (χ1n) is 8.03. The summed E-state index contributed by atoms with van der Waals surface area (Å²) in [6.45, 7) is 7.79. The van der Waals surface area contributed by atoms with Gasteiger partial charge in [-0.25, -0.2) is 0 Å². The fraction of sp³-hybridized carbons (Fsp3) is 0.875. The largest absolute Gasteiger partial charge is 0.340 e. The number of amides is 2. The number of hydrogen-bond acceptors (Lipinski definition) is 2. The molecule has 0 radical (unpaired) electrons. The highest BCUT2D eigenvalue weighted by Gasteiger charge is 2.49. The van der Waals surface area contributed by atoms with Crippen LogP contribution in [0, 0.1) is 5.92 Å². The van der Waals surface area contributed by atoms with Gasteiger partial charge in [0.15, 0.2) is 0 Å². The summed E-state index contributed by atoms with van der Waals surface area (Å²) in [7, 11) is 0. The number of piperazine rings is 1. The number of nitrogens with one attached hydrogen (secondary N) is 1. The summed E-state index contributed by atoms with van der Waals surface area (Å²) in [6.07, 6.45) is 6.59. The molecular weight excluding hydrogens is 252 g/mol. The Bertz CT molecular complexity index is 386. The van der Waals surface area contributed by atoms with Gasteiger partial charge in [0.05, 0.1) is 0 Å². The van der Waals surface area contributed by atoms with Gasteiger partial charge in [-0.1, -0.05) is 39.5 Å². The summed E-state index contributed by atoms with van der Waals surface area (Å²) in [5, 5.41) is 2.91. The minimum atomic E-state index is -0.765. The Morgan fingerprint density at radius 3 is 2.40 bits per heavy atom. The number of nitrogens with zero attached hydrogens (tertiary/aromatic N) is 1. The molecule has 20 heavy (non-hydrogen) atoms. The van der Waals surface area contributed by atoms with Crippen molar-refractivity contribution < 1.29 is 9.59 Å². The zero-order valence-corrected chi connectivity index (χ0v) is 13.2. The Kier molecular flexibility index (Phi) is 4.40. The van der Waals surface area contributed by atoms with E-state index in [-0.39, 0.29) is 29.8 Å². The van der Waals surface area contributed by atoms with Crippen molar-refractivity contribution >= 4 is 11.8 Å². The van der Waals surface area contributed by atoms with Crippen molar-refractivity contribution in [1.29, 1.82) is 0 Å². The molecule has 2 amide bonds. The van der Waals surface area contributed by atoms with E-state index in [0.29, 0.717) is 0 Å². The molecule has 4 heteroatoms. The van der Waals surface area contributed by atoms with Crippen molar-refractivity contribution in [2.24, 2.45) is 5.92 Å². The second-order valence-electron chi connectivity index (χ2n) is 6.95. The standard InChI is InChI=1S/C16H28N2O2/c1-5-11(2)13-14(19)17-16(3,4)15(20)18(13)12-9-7-6-8-10-12/h11-13H,5-10H2,1-4H3,(H,17,19). The van der Waals surface area contributed by atoms with Crippen LogP contribution < -0.4 is 5.32 Å². The second-order valence-corrected chi connectivity index (χ2v) is 6.95. The molecule has 1 saturated carbocycles. The average molecular weight is 280 g/mol. The quantitative estimate of drug-likeness (QED) is 0.863. The maximum atomic E-state index is 12.8. The van der Waals surface area contributed by atoms with Crippen LogP contribution in [-0.4, -0.2) is 34.3 Å². The van der Waals surface area contributed by atoms with Gasteiger partial charge in [0.2, 0.25) is 11.8 Å². The van der Waals surface area contributed by atoms with E-state index in [1.807, 2.05) is 18.7 Å². The Hall–Kier alpha value is -1.06. The van der Waals surface area contributed by atoms with Crippen LogP contribution in [0.15, 0.2) is 0 Å². The summed E-state index contributed by atoms with van der Waals surface area (Å²) in [4.78, 5) is 27.3. The smallest absolute Gasteiger partial charge is 0.248 e. The van der Waals surface area contributed by atoms with E-state index in [4.69, 9.17) is 0 Å². The maximum Gasteiger partial charge on any atom is 0.248 e. The fourth-order valence-electron chi connectivity index (χ4n) is 3.52. The Morgan fingerprint density at radius 2 is 1.85 bits per heavy atom. The van der Waals surface area contributed by atoms with Crippen LogP contribution in [0.1, 0.15) is 66.2 Å². The molecule has 0 bridgehead atoms. The van der Waals surface area contributed by atoms with Crippen LogP contribution in [0.2, 0.25) is 0 Å². The molecule has 1 aliphatic carbocycles. The van der Waals surface area contributed by atoms with Crippen molar-refractivity contribution in [3.05, 3.63) is 0 Å². The Labute approximate surface area is 122 Å². The summed E-state index contributed by atoms with van der Waals surface area (Å²) in [5.41, 5.74) is -0.765. The minimum Gasteiger partial charge on any atom is -0.340 e. The molecule has 2 rings (SSSR count). The Morgan fingerprint density at radius 1 is 1.25 bits per heavy atom. The molecule has 1 aliphatic heterocycles. The molecule has 0 aromatic heterocycles. The lowest BCUT2D eigenvalue weighted by atomic mass is 9.84. The molecule has 2 unspecified atom stereocenters. The van der Waals surface area contributed by atoms with Crippen molar-refractivity contribution in [2.45, 2.75) is 83.8 Å². The molecule has 0 aromatic rings. The lowest BCUT2D eigenvalue weighted by molar-refractivity contribution is -0.159. The van der Waals surface area contributed by atoms with Crippen LogP contribution in [-0.2, 0) is 9.59 Å². The molecule has 0 aromatic carbocycles. The number of carbonyl (C=O) groups is 2. The van der Waals surface area contributed by atoms with Gasteiger partial charge in [-0.05, 0) is 32.6 Å². The SMILES string of the molecule is CCC(C)C1C(=O)NC(C)(C)C(=O)N1C1CCCCC1. The zero-order valence-electron chi connectivity index (χ0n) is 13.2. The van der Waals surface area contributed by atoms with Crippen LogP contribution in [0.3, 0.4) is 0 Å². The van der Waals surface area contributed by atoms with E-state index in [2.05, 4.69) is 19.2 Å². The van der Waals surface area contributed by atoms with Crippen LogP contribution in [0.25, 0.3) is 0 Å². The van der Waals surface area contributed by atoms with Gasteiger partial charge in [-0.2, -0.15) is 0 Å². The van der Waals surface area contributed by atoms with Gasteiger partial charge in [0.25, 0.3) is 0 Å². The first kappa shape index (κ1) is 15.3. The molecule has 2 fully saturated rings. The van der Waals surface area contributed by atoms with Crippen LogP contribution >= 0.6 is 0 Å². The molecule has 2 atom stereocenters. The fourth-order valence-corrected chi connectivity index (χ4v) is 3.52. The van der Waals surface area contributed by atoms with Gasteiger partial charge >= 0.3 is 0 Å². The van der Waals surface area contributed by atoms with E-state index in [0.717, 1.165) is 19.3 Å². The van der Waals surface area contributed by atoms with Crippen molar-refractivity contribution in [1.82, 2.24) is 10.2 Å². The first-order chi connectivity index (χ1) is 9.38. The second kappa shape index (κ2) is 5.74. The summed E-state index contributed by atoms with van der Waals surface area (Å²) >= 11 is 0. The monoisotopic (exact) mass is 280 g/mol. The minimum absolute atomic E-state index is 0.0227. The third kappa shape index (κ3) is 2.70. The van der Waals surface area contributed by atoms with E-state index < -0.39 is 5.54 Å². The zero-order chi connectivity index (χ0) is 14.9. The average Bonchev–Trinajstić information content (AvgIpc) is 2.42. The third-order valence-corrected chi connectivity index (χ3v) is 4.92. The van der Waals surface area contributed by atoms with Crippen molar-refractivity contribution in [3.63, 3.8) is 0 Å². The van der Waals surface area contributed by atoms with Gasteiger partial charge < -0.3 is 10.2 Å². The number of hydrogen-bond donors (Lipinski definition) is 1. The van der Waals surface area contributed by atoms with E-state index in [1.165, 1.54) is 19.3 Å². The molecule has 1 saturated heterocycles. The predicted molar refractivity (Wildman–Crippen MR) is 79.2 cm³/mol. The van der Waals surface area contributed by atoms with Gasteiger partial charge in [-0.3, -0.25) is 9.59 Å². The summed E-state index contributed by atoms with van der Waals surface area (Å²) in [6, 6.07) is -0.0378. The molecule has 4 nitrogen and oxygen atoms in total. The van der Waals surface area contributed by atoms with Crippen molar-refractivity contribution in [3.8, 4) is 0 Å². The molecule has 1 N–H and O–H groups in total. The summed E-state index contributed by atoms with van der Waals surface area (Å²) < 4.78 is 0. The first-order valence-corrected chi connectivity index (χ1v) is 8.03. The Balaban J connectivity index is 2.31. The van der Waals surface area contributed by atoms with E-state index in [1.54, 1.807) is 0 Å². The topological polar surface area (TPSA) is 49.4 Å². The number of carbonyl (C=O) groups excluding carboxylic acids is 2. The molecule has 2 aliphatic rings. The molecule has 114 valence electrons. The van der Waals surface area contributed by atoms with Gasteiger partial charge in [0, 0.05) is 6.04 Å². The normalized spacial score (nSPS) is 29.2. The highest BCUT2D eigenvalue weighted by Crippen LogP contribution is 2.32. The van der Waals surface area contributed by atoms with E-state index in [9.17, 15) is 9.59 Å². The maximum absolute atomic E-state index is 12.8. The lowest BCUT2D eigenvalue weighted by Crippen LogP contribution is -2.71. The van der Waals surface area contributed by atoms with E-state index >= 15 is 0 Å². The van der Waals surface area contributed by atoms with Crippen LogP contribution in [0.5, 0.6) is 0 Å². The lowest BCUT2D eigenvalue weighted by Gasteiger charge is -2.49. The predicted octanol–water partition coefficient (Wildman–Crippen LogP) is 2.47. The van der Waals surface area contributed by atoms with Crippen LogP contribution in [0.4, 0.5) is 0 Å². The molecule has 1 heterocycles. The highest BCUT2D eigenvalue weighted by atomic mass is 16.2. The van der Waals surface area contributed by atoms with Gasteiger partial charge in [0.1, 0.15) is 11.6 Å². The molecule has 0 spiro atoms. The highest BCUT2D eigenvalue weighted by molar-refractivity contribution is 5.99. The third-order valence-electron chi connectivity index (χ3n) is 4.92. The summed E-state index contributed by atoms with van der Waals surface area (Å²) in [5.74, 6) is 0.320. The van der Waals surface area contributed by atoms with Gasteiger partial charge in [-0.15, -0.1) is 0 Å².